The minimum atomic E-state index is -0.660. The van der Waals surface area contributed by atoms with Crippen LogP contribution in [0.2, 0.25) is 0 Å². The maximum Gasteiger partial charge on any atom is 0.312 e. The van der Waals surface area contributed by atoms with Gasteiger partial charge in [-0.15, -0.1) is 0 Å². The standard InChI is InChI=1S/C18H27N3O2/c1-3-13(2)15(21-17(19)23)16(22)20-12-18(10-7-11-18)14-8-5-4-6-9-14/h4-6,8-9,13,15H,3,7,10-12H2,1-2H3,(H,20,22)(H3,19,21,23)/t13-,15+/m0/s1. The Morgan fingerprint density at radius 2 is 1.91 bits per heavy atom. The van der Waals surface area contributed by atoms with Crippen molar-refractivity contribution >= 4 is 11.9 Å². The number of nitrogens with one attached hydrogen (secondary N) is 2. The first-order valence-corrected chi connectivity index (χ1v) is 8.38. The second-order valence-corrected chi connectivity index (χ2v) is 6.59. The molecule has 1 fully saturated rings. The molecule has 1 saturated carbocycles. The van der Waals surface area contributed by atoms with Gasteiger partial charge in [-0.2, -0.15) is 0 Å². The predicted octanol–water partition coefficient (Wildman–Crippen LogP) is 2.31. The van der Waals surface area contributed by atoms with Crippen LogP contribution >= 0.6 is 0 Å². The molecule has 23 heavy (non-hydrogen) atoms. The van der Waals surface area contributed by atoms with Gasteiger partial charge in [0, 0.05) is 12.0 Å². The third-order valence-corrected chi connectivity index (χ3v) is 5.09. The molecular weight excluding hydrogens is 290 g/mol. The van der Waals surface area contributed by atoms with Crippen LogP contribution in [0, 0.1) is 5.92 Å². The normalized spacial score (nSPS) is 18.3. The number of amides is 3. The van der Waals surface area contributed by atoms with Gasteiger partial charge < -0.3 is 16.4 Å². The predicted molar refractivity (Wildman–Crippen MR) is 90.9 cm³/mol. The number of primary amides is 1. The van der Waals surface area contributed by atoms with Crippen LogP contribution in [0.3, 0.4) is 0 Å². The topological polar surface area (TPSA) is 84.2 Å². The molecule has 2 atom stereocenters. The van der Waals surface area contributed by atoms with E-state index in [0.29, 0.717) is 6.54 Å². The van der Waals surface area contributed by atoms with Gasteiger partial charge >= 0.3 is 6.03 Å². The van der Waals surface area contributed by atoms with Crippen molar-refractivity contribution in [1.82, 2.24) is 10.6 Å². The van der Waals surface area contributed by atoms with E-state index in [1.165, 1.54) is 12.0 Å². The van der Waals surface area contributed by atoms with Crippen LogP contribution in [-0.4, -0.2) is 24.5 Å². The third kappa shape index (κ3) is 4.03. The van der Waals surface area contributed by atoms with Gasteiger partial charge in [-0.25, -0.2) is 4.79 Å². The van der Waals surface area contributed by atoms with Crippen molar-refractivity contribution in [3.05, 3.63) is 35.9 Å². The molecule has 0 unspecified atom stereocenters. The Balaban J connectivity index is 2.02. The van der Waals surface area contributed by atoms with Gasteiger partial charge in [-0.05, 0) is 24.3 Å². The van der Waals surface area contributed by atoms with Crippen LogP contribution in [0.4, 0.5) is 4.79 Å². The van der Waals surface area contributed by atoms with Crippen LogP contribution in [0.5, 0.6) is 0 Å². The minimum absolute atomic E-state index is 0.0314. The van der Waals surface area contributed by atoms with Gasteiger partial charge in [0.15, 0.2) is 0 Å². The number of nitrogens with two attached hydrogens (primary N) is 1. The van der Waals surface area contributed by atoms with Gasteiger partial charge in [0.2, 0.25) is 5.91 Å². The lowest BCUT2D eigenvalue weighted by molar-refractivity contribution is -0.124. The summed E-state index contributed by atoms with van der Waals surface area (Å²) in [6.45, 7) is 4.53. The van der Waals surface area contributed by atoms with Gasteiger partial charge in [-0.1, -0.05) is 57.0 Å². The van der Waals surface area contributed by atoms with E-state index in [1.54, 1.807) is 0 Å². The van der Waals surface area contributed by atoms with Gasteiger partial charge in [0.05, 0.1) is 0 Å². The molecule has 0 aromatic heterocycles. The first-order chi connectivity index (χ1) is 11.0. The van der Waals surface area contributed by atoms with E-state index in [9.17, 15) is 9.59 Å². The van der Waals surface area contributed by atoms with Gasteiger partial charge in [0.25, 0.3) is 0 Å². The summed E-state index contributed by atoms with van der Waals surface area (Å²) < 4.78 is 0. The van der Waals surface area contributed by atoms with E-state index in [4.69, 9.17) is 5.73 Å². The molecule has 1 aromatic carbocycles. The first-order valence-electron chi connectivity index (χ1n) is 8.38. The molecule has 0 saturated heterocycles. The second kappa shape index (κ2) is 7.49. The van der Waals surface area contributed by atoms with E-state index in [0.717, 1.165) is 19.3 Å². The lowest BCUT2D eigenvalue weighted by Crippen LogP contribution is -2.54. The highest BCUT2D eigenvalue weighted by Crippen LogP contribution is 2.43. The fourth-order valence-corrected chi connectivity index (χ4v) is 3.18. The lowest BCUT2D eigenvalue weighted by Gasteiger charge is -2.43. The highest BCUT2D eigenvalue weighted by atomic mass is 16.2. The van der Waals surface area contributed by atoms with Crippen molar-refractivity contribution in [1.29, 1.82) is 0 Å². The largest absolute Gasteiger partial charge is 0.353 e. The number of hydrogen-bond donors (Lipinski definition) is 3. The van der Waals surface area contributed by atoms with Crippen molar-refractivity contribution in [2.45, 2.75) is 51.0 Å². The zero-order valence-corrected chi connectivity index (χ0v) is 14.0. The third-order valence-electron chi connectivity index (χ3n) is 5.09. The zero-order valence-electron chi connectivity index (χ0n) is 14.0. The fraction of sp³-hybridized carbons (Fsp3) is 0.556. The van der Waals surface area contributed by atoms with E-state index < -0.39 is 12.1 Å². The molecule has 1 aliphatic carbocycles. The van der Waals surface area contributed by atoms with Gasteiger partial charge in [-0.3, -0.25) is 4.79 Å². The molecule has 0 radical (unpaired) electrons. The summed E-state index contributed by atoms with van der Waals surface area (Å²) in [7, 11) is 0. The van der Waals surface area contributed by atoms with Crippen LogP contribution < -0.4 is 16.4 Å². The minimum Gasteiger partial charge on any atom is -0.353 e. The fourth-order valence-electron chi connectivity index (χ4n) is 3.18. The molecule has 1 aromatic rings. The Labute approximate surface area is 138 Å². The zero-order chi connectivity index (χ0) is 16.9. The molecule has 5 heteroatoms. The smallest absolute Gasteiger partial charge is 0.312 e. The number of hydrogen-bond acceptors (Lipinski definition) is 2. The molecule has 5 nitrogen and oxygen atoms in total. The summed E-state index contributed by atoms with van der Waals surface area (Å²) >= 11 is 0. The Hall–Kier alpha value is -2.04. The molecule has 1 aliphatic rings. The molecule has 3 amide bonds. The van der Waals surface area contributed by atoms with Crippen molar-refractivity contribution in [3.8, 4) is 0 Å². The number of carbonyl (C=O) groups excluding carboxylic acids is 2. The van der Waals surface area contributed by atoms with Crippen molar-refractivity contribution < 1.29 is 9.59 Å². The molecule has 126 valence electrons. The number of benzene rings is 1. The molecule has 2 rings (SSSR count). The van der Waals surface area contributed by atoms with E-state index in [1.807, 2.05) is 32.0 Å². The molecule has 0 heterocycles. The van der Waals surface area contributed by atoms with Crippen LogP contribution in [-0.2, 0) is 10.2 Å². The lowest BCUT2D eigenvalue weighted by atomic mass is 9.64. The SMILES string of the molecule is CC[C@H](C)[C@@H](NC(N)=O)C(=O)NCC1(c2ccccc2)CCC1. The van der Waals surface area contributed by atoms with E-state index >= 15 is 0 Å². The van der Waals surface area contributed by atoms with Crippen LogP contribution in [0.15, 0.2) is 30.3 Å². The summed E-state index contributed by atoms with van der Waals surface area (Å²) in [5, 5.41) is 5.60. The molecule has 4 N–H and O–H groups in total. The van der Waals surface area contributed by atoms with E-state index in [2.05, 4.69) is 22.8 Å². The molecule has 0 bridgehead atoms. The Bertz CT molecular complexity index is 540. The van der Waals surface area contributed by atoms with Gasteiger partial charge in [0.1, 0.15) is 6.04 Å². The van der Waals surface area contributed by atoms with Crippen molar-refractivity contribution in [2.75, 3.05) is 6.54 Å². The van der Waals surface area contributed by atoms with E-state index in [-0.39, 0.29) is 17.2 Å². The summed E-state index contributed by atoms with van der Waals surface area (Å²) in [6, 6.07) is 9.08. The molecule has 0 aliphatic heterocycles. The maximum absolute atomic E-state index is 12.5. The molecule has 0 spiro atoms. The van der Waals surface area contributed by atoms with Crippen molar-refractivity contribution in [3.63, 3.8) is 0 Å². The average Bonchev–Trinajstić information content (AvgIpc) is 2.51. The Kier molecular flexibility index (Phi) is 5.64. The quantitative estimate of drug-likeness (QED) is 0.721. The highest BCUT2D eigenvalue weighted by Gasteiger charge is 2.39. The Morgan fingerprint density at radius 3 is 2.39 bits per heavy atom. The number of carbonyl (C=O) groups is 2. The number of rotatable bonds is 7. The van der Waals surface area contributed by atoms with Crippen LogP contribution in [0.1, 0.15) is 45.1 Å². The summed E-state index contributed by atoms with van der Waals surface area (Å²) in [6.07, 6.45) is 4.13. The Morgan fingerprint density at radius 1 is 1.26 bits per heavy atom. The first kappa shape index (κ1) is 17.3. The number of urea groups is 1. The average molecular weight is 317 g/mol. The second-order valence-electron chi connectivity index (χ2n) is 6.59. The van der Waals surface area contributed by atoms with Crippen LogP contribution in [0.25, 0.3) is 0 Å². The molecular formula is C18H27N3O2. The summed E-state index contributed by atoms with van der Waals surface area (Å²) in [5.74, 6) is -0.114. The maximum atomic E-state index is 12.5. The van der Waals surface area contributed by atoms with Crippen molar-refractivity contribution in [2.24, 2.45) is 11.7 Å². The monoisotopic (exact) mass is 317 g/mol. The summed E-state index contributed by atoms with van der Waals surface area (Å²) in [4.78, 5) is 23.7. The summed E-state index contributed by atoms with van der Waals surface area (Å²) in [5.41, 5.74) is 6.51. The highest BCUT2D eigenvalue weighted by molar-refractivity contribution is 5.86.